The topological polar surface area (TPSA) is 68.0 Å². The number of hydrogen-bond acceptors (Lipinski definition) is 5. The third-order valence-corrected chi connectivity index (χ3v) is 5.27. The van der Waals surface area contributed by atoms with E-state index in [1.54, 1.807) is 11.8 Å². The monoisotopic (exact) mass is 381 g/mol. The molecule has 1 amide bonds. The second kappa shape index (κ2) is 8.86. The van der Waals surface area contributed by atoms with Crippen LogP contribution in [0, 0.1) is 20.8 Å². The molecule has 5 nitrogen and oxygen atoms in total. The van der Waals surface area contributed by atoms with E-state index in [1.807, 2.05) is 6.07 Å². The Morgan fingerprint density at radius 3 is 2.56 bits per heavy atom. The molecule has 3 aromatic rings. The number of amides is 1. The van der Waals surface area contributed by atoms with Gasteiger partial charge in [-0.1, -0.05) is 41.0 Å². The van der Waals surface area contributed by atoms with Gasteiger partial charge in [-0.2, -0.15) is 0 Å². The Morgan fingerprint density at radius 1 is 1.04 bits per heavy atom. The molecular weight excluding hydrogens is 358 g/mol. The number of anilines is 1. The summed E-state index contributed by atoms with van der Waals surface area (Å²) in [5.41, 5.74) is 4.81. The summed E-state index contributed by atoms with van der Waals surface area (Å²) in [5.74, 6) is 1.05. The molecule has 140 valence electrons. The predicted octanol–water partition coefficient (Wildman–Crippen LogP) is 4.71. The summed E-state index contributed by atoms with van der Waals surface area (Å²) in [6.07, 6.45) is 0.931. The molecule has 0 saturated heterocycles. The highest BCUT2D eigenvalue weighted by molar-refractivity contribution is 7.99. The Labute approximate surface area is 163 Å². The first-order chi connectivity index (χ1) is 13.0. The minimum atomic E-state index is -0.129. The van der Waals surface area contributed by atoms with E-state index >= 15 is 0 Å². The average Bonchev–Trinajstić information content (AvgIpc) is 3.06. The Morgan fingerprint density at radius 2 is 1.81 bits per heavy atom. The summed E-state index contributed by atoms with van der Waals surface area (Å²) in [4.78, 5) is 13.2. The van der Waals surface area contributed by atoms with Crippen LogP contribution >= 0.6 is 11.8 Å². The zero-order valence-corrected chi connectivity index (χ0v) is 16.6. The molecule has 2 aromatic carbocycles. The van der Waals surface area contributed by atoms with Crippen LogP contribution in [0.3, 0.4) is 0 Å². The van der Waals surface area contributed by atoms with E-state index in [0.717, 1.165) is 10.5 Å². The zero-order valence-electron chi connectivity index (χ0n) is 15.8. The van der Waals surface area contributed by atoms with Crippen molar-refractivity contribution in [1.29, 1.82) is 0 Å². The highest BCUT2D eigenvalue weighted by Crippen LogP contribution is 2.19. The molecule has 1 heterocycles. The van der Waals surface area contributed by atoms with Crippen LogP contribution in [0.5, 0.6) is 0 Å². The zero-order chi connectivity index (χ0) is 19.2. The van der Waals surface area contributed by atoms with Gasteiger partial charge in [0.25, 0.3) is 0 Å². The number of carbonyl (C=O) groups excluding carboxylic acids is 1. The first-order valence-corrected chi connectivity index (χ1v) is 9.86. The summed E-state index contributed by atoms with van der Waals surface area (Å²) in [6, 6.07) is 14.7. The molecule has 0 atom stereocenters. The summed E-state index contributed by atoms with van der Waals surface area (Å²) < 4.78 is 5.55. The lowest BCUT2D eigenvalue weighted by Gasteiger charge is -2.03. The number of thioether (sulfide) groups is 1. The average molecular weight is 382 g/mol. The van der Waals surface area contributed by atoms with Crippen LogP contribution in [-0.4, -0.2) is 21.9 Å². The fourth-order valence-corrected chi connectivity index (χ4v) is 3.39. The highest BCUT2D eigenvalue weighted by atomic mass is 32.2. The van der Waals surface area contributed by atoms with E-state index in [4.69, 9.17) is 4.42 Å². The summed E-state index contributed by atoms with van der Waals surface area (Å²) >= 11 is 1.65. The molecule has 0 aliphatic rings. The maximum Gasteiger partial charge on any atom is 0.322 e. The van der Waals surface area contributed by atoms with Crippen molar-refractivity contribution in [3.63, 3.8) is 0 Å². The number of benzene rings is 2. The van der Waals surface area contributed by atoms with Crippen molar-refractivity contribution in [1.82, 2.24) is 10.2 Å². The maximum atomic E-state index is 12.1. The molecule has 3 rings (SSSR count). The Bertz CT molecular complexity index is 919. The molecule has 0 unspecified atom stereocenters. The van der Waals surface area contributed by atoms with Gasteiger partial charge < -0.3 is 4.42 Å². The van der Waals surface area contributed by atoms with Gasteiger partial charge in [-0.05, 0) is 49.6 Å². The van der Waals surface area contributed by atoms with Gasteiger partial charge in [0.05, 0.1) is 6.42 Å². The van der Waals surface area contributed by atoms with E-state index in [1.165, 1.54) is 16.7 Å². The van der Waals surface area contributed by atoms with E-state index in [-0.39, 0.29) is 11.9 Å². The molecular formula is C21H23N3O2S. The molecule has 0 spiro atoms. The first-order valence-electron chi connectivity index (χ1n) is 8.87. The van der Waals surface area contributed by atoms with Crippen LogP contribution < -0.4 is 5.32 Å². The van der Waals surface area contributed by atoms with Gasteiger partial charge in [-0.25, -0.2) is 0 Å². The van der Waals surface area contributed by atoms with Crippen LogP contribution in [0.25, 0.3) is 0 Å². The predicted molar refractivity (Wildman–Crippen MR) is 108 cm³/mol. The van der Waals surface area contributed by atoms with E-state index in [9.17, 15) is 4.79 Å². The highest BCUT2D eigenvalue weighted by Gasteiger charge is 2.11. The van der Waals surface area contributed by atoms with Crippen LogP contribution in [-0.2, 0) is 11.2 Å². The van der Waals surface area contributed by atoms with Crippen LogP contribution in [0.4, 0.5) is 6.01 Å². The van der Waals surface area contributed by atoms with Crippen molar-refractivity contribution in [3.05, 3.63) is 70.6 Å². The lowest BCUT2D eigenvalue weighted by Crippen LogP contribution is -2.12. The number of carbonyl (C=O) groups is 1. The van der Waals surface area contributed by atoms with Crippen molar-refractivity contribution in [3.8, 4) is 0 Å². The SMILES string of the molecule is Cc1ccc(SCCC(=O)Nc2nnc(Cc3ccc(C)c(C)c3)o2)cc1. The lowest BCUT2D eigenvalue weighted by molar-refractivity contribution is -0.115. The molecule has 0 aliphatic heterocycles. The lowest BCUT2D eigenvalue weighted by atomic mass is 10.0. The van der Waals surface area contributed by atoms with Gasteiger partial charge >= 0.3 is 6.01 Å². The number of rotatable bonds is 7. The smallest absolute Gasteiger partial charge is 0.322 e. The Hall–Kier alpha value is -2.60. The first kappa shape index (κ1) is 19.2. The van der Waals surface area contributed by atoms with Gasteiger partial charge in [0.2, 0.25) is 11.8 Å². The molecule has 0 radical (unpaired) electrons. The minimum absolute atomic E-state index is 0.129. The normalized spacial score (nSPS) is 10.8. The van der Waals surface area contributed by atoms with Gasteiger partial charge in [0, 0.05) is 17.1 Å². The molecule has 27 heavy (non-hydrogen) atoms. The fraction of sp³-hybridized carbons (Fsp3) is 0.286. The fourth-order valence-electron chi connectivity index (χ4n) is 2.54. The Balaban J connectivity index is 1.47. The van der Waals surface area contributed by atoms with Gasteiger partial charge in [0.1, 0.15) is 0 Å². The standard InChI is InChI=1S/C21H23N3O2S/c1-14-4-8-18(9-5-14)27-11-10-19(25)22-21-24-23-20(26-21)13-17-7-6-15(2)16(3)12-17/h4-9,12H,10-11,13H2,1-3H3,(H,22,24,25). The molecule has 0 saturated carbocycles. The van der Waals surface area contributed by atoms with Crippen LogP contribution in [0.2, 0.25) is 0 Å². The second-order valence-corrected chi connectivity index (χ2v) is 7.72. The van der Waals surface area contributed by atoms with Crippen molar-refractivity contribution in [2.24, 2.45) is 0 Å². The molecule has 1 aromatic heterocycles. The van der Waals surface area contributed by atoms with Gasteiger partial charge in [-0.15, -0.1) is 16.9 Å². The van der Waals surface area contributed by atoms with Gasteiger partial charge in [0.15, 0.2) is 0 Å². The summed E-state index contributed by atoms with van der Waals surface area (Å²) in [5, 5.41) is 10.6. The van der Waals surface area contributed by atoms with E-state index < -0.39 is 0 Å². The number of nitrogens with zero attached hydrogens (tertiary/aromatic N) is 2. The largest absolute Gasteiger partial charge is 0.407 e. The third kappa shape index (κ3) is 5.69. The van der Waals surface area contributed by atoms with Crippen LogP contribution in [0.15, 0.2) is 51.8 Å². The van der Waals surface area contributed by atoms with E-state index in [0.29, 0.717) is 24.5 Å². The number of hydrogen-bond donors (Lipinski definition) is 1. The second-order valence-electron chi connectivity index (χ2n) is 6.56. The summed E-state index contributed by atoms with van der Waals surface area (Å²) in [6.45, 7) is 6.21. The van der Waals surface area contributed by atoms with E-state index in [2.05, 4.69) is 72.7 Å². The van der Waals surface area contributed by atoms with Crippen molar-refractivity contribution in [2.45, 2.75) is 38.5 Å². The summed E-state index contributed by atoms with van der Waals surface area (Å²) in [7, 11) is 0. The van der Waals surface area contributed by atoms with Crippen LogP contribution in [0.1, 0.15) is 34.6 Å². The van der Waals surface area contributed by atoms with Crippen molar-refractivity contribution < 1.29 is 9.21 Å². The molecule has 0 aliphatic carbocycles. The number of aromatic nitrogens is 2. The quantitative estimate of drug-likeness (QED) is 0.601. The maximum absolute atomic E-state index is 12.1. The molecule has 0 fully saturated rings. The third-order valence-electron chi connectivity index (χ3n) is 4.26. The Kier molecular flexibility index (Phi) is 6.29. The number of aryl methyl sites for hydroxylation is 3. The molecule has 6 heteroatoms. The number of nitrogens with one attached hydrogen (secondary N) is 1. The molecule has 1 N–H and O–H groups in total. The molecule has 0 bridgehead atoms. The minimum Gasteiger partial charge on any atom is -0.407 e. The van der Waals surface area contributed by atoms with Crippen molar-refractivity contribution in [2.75, 3.05) is 11.1 Å². The van der Waals surface area contributed by atoms with Gasteiger partial charge in [-0.3, -0.25) is 10.1 Å². The van der Waals surface area contributed by atoms with Crippen molar-refractivity contribution >= 4 is 23.7 Å².